The van der Waals surface area contributed by atoms with Crippen LogP contribution in [0.1, 0.15) is 20.8 Å². The summed E-state index contributed by atoms with van der Waals surface area (Å²) < 4.78 is 0. The Kier molecular flexibility index (Phi) is 4.02. The van der Waals surface area contributed by atoms with Crippen LogP contribution in [0, 0.1) is 5.92 Å². The van der Waals surface area contributed by atoms with Crippen LogP contribution in [-0.4, -0.2) is 12.8 Å². The van der Waals surface area contributed by atoms with Crippen LogP contribution in [0.4, 0.5) is 0 Å². The fourth-order valence-corrected chi connectivity index (χ4v) is 0.631. The van der Waals surface area contributed by atoms with Crippen LogP contribution >= 0.6 is 0 Å². The molecule has 0 aliphatic carbocycles. The molecule has 0 rings (SSSR count). The molecule has 0 aliphatic rings. The van der Waals surface area contributed by atoms with Gasteiger partial charge in [0.15, 0.2) is 0 Å². The third-order valence-corrected chi connectivity index (χ3v) is 1.54. The van der Waals surface area contributed by atoms with Crippen molar-refractivity contribution in [2.45, 2.75) is 26.8 Å². The normalized spacial score (nSPS) is 17.7. The van der Waals surface area contributed by atoms with Crippen molar-refractivity contribution in [1.29, 1.82) is 0 Å². The van der Waals surface area contributed by atoms with Crippen LogP contribution in [0.5, 0.6) is 0 Å². The summed E-state index contributed by atoms with van der Waals surface area (Å²) >= 11 is 0. The summed E-state index contributed by atoms with van der Waals surface area (Å²) in [5, 5.41) is 0. The first-order valence-corrected chi connectivity index (χ1v) is 3.31. The number of allylic oxidation sites excluding steroid dienone is 1. The summed E-state index contributed by atoms with van der Waals surface area (Å²) in [6.45, 7) is 9.71. The smallest absolute Gasteiger partial charge is 0.0524 e. The Balaban J connectivity index is 3.71. The lowest BCUT2D eigenvalue weighted by Gasteiger charge is -2.09. The summed E-state index contributed by atoms with van der Waals surface area (Å²) in [7, 11) is 0. The fraction of sp³-hybridized carbons (Fsp3) is 0.625. The second-order valence-electron chi connectivity index (χ2n) is 2.31. The minimum Gasteiger partial charge on any atom is -0.297 e. The van der Waals surface area contributed by atoms with E-state index in [2.05, 4.69) is 31.6 Å². The molecule has 0 radical (unpaired) electrons. The molecule has 0 heterocycles. The second kappa shape index (κ2) is 4.30. The van der Waals surface area contributed by atoms with Crippen molar-refractivity contribution in [3.63, 3.8) is 0 Å². The molecule has 0 N–H and O–H groups in total. The van der Waals surface area contributed by atoms with Crippen LogP contribution < -0.4 is 0 Å². The Morgan fingerprint density at radius 2 is 2.00 bits per heavy atom. The summed E-state index contributed by atoms with van der Waals surface area (Å²) in [6.07, 6.45) is 4.19. The number of rotatable bonds is 3. The zero-order valence-corrected chi connectivity index (χ0v) is 6.46. The Hall–Kier alpha value is -0.590. The average molecular weight is 125 g/mol. The van der Waals surface area contributed by atoms with E-state index in [1.165, 1.54) is 0 Å². The predicted octanol–water partition coefficient (Wildman–Crippen LogP) is 2.29. The molecule has 0 saturated carbocycles. The van der Waals surface area contributed by atoms with Gasteiger partial charge < -0.3 is 0 Å². The highest BCUT2D eigenvalue weighted by molar-refractivity contribution is 5.24. The van der Waals surface area contributed by atoms with Crippen LogP contribution in [0.25, 0.3) is 0 Å². The molecule has 9 heavy (non-hydrogen) atoms. The molecule has 0 bridgehead atoms. The van der Waals surface area contributed by atoms with Crippen LogP contribution in [0.2, 0.25) is 0 Å². The van der Waals surface area contributed by atoms with Gasteiger partial charge >= 0.3 is 0 Å². The number of aliphatic imine (C=N–C) groups is 1. The van der Waals surface area contributed by atoms with E-state index in [0.29, 0.717) is 12.0 Å². The van der Waals surface area contributed by atoms with Crippen molar-refractivity contribution in [1.82, 2.24) is 0 Å². The third-order valence-electron chi connectivity index (χ3n) is 1.54. The zero-order valence-electron chi connectivity index (χ0n) is 6.46. The standard InChI is InChI=1S/C8H15N/c1-5-6-7(2)8(3)9-4/h5-8H,4H2,1-3H3/b6-5-. The Labute approximate surface area is 57.5 Å². The van der Waals surface area contributed by atoms with Gasteiger partial charge in [0.1, 0.15) is 0 Å². The minimum absolute atomic E-state index is 0.348. The molecule has 0 aromatic heterocycles. The highest BCUT2D eigenvalue weighted by Crippen LogP contribution is 2.06. The van der Waals surface area contributed by atoms with Gasteiger partial charge in [0.25, 0.3) is 0 Å². The van der Waals surface area contributed by atoms with Gasteiger partial charge in [-0.1, -0.05) is 19.1 Å². The Bertz CT molecular complexity index is 105. The lowest BCUT2D eigenvalue weighted by atomic mass is 10.0. The maximum Gasteiger partial charge on any atom is 0.0524 e. The van der Waals surface area contributed by atoms with Crippen molar-refractivity contribution in [2.24, 2.45) is 10.9 Å². The molecule has 0 aliphatic heterocycles. The van der Waals surface area contributed by atoms with Crippen molar-refractivity contribution < 1.29 is 0 Å². The monoisotopic (exact) mass is 125 g/mol. The van der Waals surface area contributed by atoms with E-state index in [4.69, 9.17) is 0 Å². The Morgan fingerprint density at radius 3 is 2.33 bits per heavy atom. The quantitative estimate of drug-likeness (QED) is 0.405. The van der Waals surface area contributed by atoms with E-state index in [1.54, 1.807) is 0 Å². The van der Waals surface area contributed by atoms with Crippen LogP contribution in [0.15, 0.2) is 17.1 Å². The van der Waals surface area contributed by atoms with E-state index in [9.17, 15) is 0 Å². The number of hydrogen-bond acceptors (Lipinski definition) is 1. The summed E-state index contributed by atoms with van der Waals surface area (Å²) in [6, 6.07) is 0.348. The molecule has 0 fully saturated rings. The van der Waals surface area contributed by atoms with Gasteiger partial charge in [-0.05, 0) is 26.5 Å². The van der Waals surface area contributed by atoms with Crippen molar-refractivity contribution in [3.05, 3.63) is 12.2 Å². The van der Waals surface area contributed by atoms with Gasteiger partial charge in [0, 0.05) is 0 Å². The first-order chi connectivity index (χ1) is 4.22. The van der Waals surface area contributed by atoms with Gasteiger partial charge in [0.2, 0.25) is 0 Å². The molecule has 0 spiro atoms. The Morgan fingerprint density at radius 1 is 1.44 bits per heavy atom. The SMILES string of the molecule is C=NC(C)C(C)/C=C\C. The molecule has 0 amide bonds. The number of nitrogens with zero attached hydrogens (tertiary/aromatic N) is 1. The summed E-state index contributed by atoms with van der Waals surface area (Å²) in [5.74, 6) is 0.521. The average Bonchev–Trinajstić information content (AvgIpc) is 1.87. The molecule has 0 aromatic rings. The van der Waals surface area contributed by atoms with E-state index in [0.717, 1.165) is 0 Å². The third kappa shape index (κ3) is 3.07. The fourth-order valence-electron chi connectivity index (χ4n) is 0.631. The van der Waals surface area contributed by atoms with Crippen molar-refractivity contribution in [3.8, 4) is 0 Å². The summed E-state index contributed by atoms with van der Waals surface area (Å²) in [5.41, 5.74) is 0. The lowest BCUT2D eigenvalue weighted by Crippen LogP contribution is -2.07. The maximum atomic E-state index is 3.91. The molecule has 52 valence electrons. The minimum atomic E-state index is 0.348. The van der Waals surface area contributed by atoms with Gasteiger partial charge in [-0.25, -0.2) is 0 Å². The van der Waals surface area contributed by atoms with Crippen molar-refractivity contribution >= 4 is 6.72 Å². The molecule has 1 nitrogen and oxygen atoms in total. The predicted molar refractivity (Wildman–Crippen MR) is 43.0 cm³/mol. The highest BCUT2D eigenvalue weighted by Gasteiger charge is 2.03. The summed E-state index contributed by atoms with van der Waals surface area (Å²) in [4.78, 5) is 3.91. The number of hydrogen-bond donors (Lipinski definition) is 0. The van der Waals surface area contributed by atoms with E-state index >= 15 is 0 Å². The van der Waals surface area contributed by atoms with Crippen LogP contribution in [-0.2, 0) is 0 Å². The lowest BCUT2D eigenvalue weighted by molar-refractivity contribution is 0.587. The molecule has 2 atom stereocenters. The van der Waals surface area contributed by atoms with Gasteiger partial charge in [-0.2, -0.15) is 0 Å². The topological polar surface area (TPSA) is 12.4 Å². The van der Waals surface area contributed by atoms with Gasteiger partial charge in [-0.15, -0.1) is 0 Å². The molecule has 2 unspecified atom stereocenters. The van der Waals surface area contributed by atoms with E-state index < -0.39 is 0 Å². The van der Waals surface area contributed by atoms with Crippen molar-refractivity contribution in [2.75, 3.05) is 0 Å². The highest BCUT2D eigenvalue weighted by atomic mass is 14.7. The molecular formula is C8H15N. The molecular weight excluding hydrogens is 110 g/mol. The van der Waals surface area contributed by atoms with Gasteiger partial charge in [0.05, 0.1) is 6.04 Å². The van der Waals surface area contributed by atoms with E-state index in [1.807, 2.05) is 13.0 Å². The molecule has 0 aromatic carbocycles. The van der Waals surface area contributed by atoms with E-state index in [-0.39, 0.29) is 0 Å². The first kappa shape index (κ1) is 8.41. The maximum absolute atomic E-state index is 3.91. The molecule has 0 saturated heterocycles. The zero-order chi connectivity index (χ0) is 7.28. The second-order valence-corrected chi connectivity index (χ2v) is 2.31. The van der Waals surface area contributed by atoms with Crippen LogP contribution in [0.3, 0.4) is 0 Å². The van der Waals surface area contributed by atoms with Gasteiger partial charge in [-0.3, -0.25) is 4.99 Å². The molecule has 1 heteroatoms. The first-order valence-electron chi connectivity index (χ1n) is 3.31. The largest absolute Gasteiger partial charge is 0.297 e.